The van der Waals surface area contributed by atoms with Crippen LogP contribution in [0.15, 0.2) is 42.6 Å². The number of halogens is 2. The zero-order chi connectivity index (χ0) is 21.5. The molecule has 31 heavy (non-hydrogen) atoms. The SMILES string of the molecule is Cn1nc(C2CC2)c2cc(CC(=O)Nc3cnn(Cc4ccc(F)c(F)c4)n3)ccc21. The molecule has 1 amide bonds. The molecule has 2 aromatic carbocycles. The normalized spacial score (nSPS) is 13.6. The van der Waals surface area contributed by atoms with Crippen molar-refractivity contribution in [3.8, 4) is 0 Å². The van der Waals surface area contributed by atoms with Gasteiger partial charge in [-0.15, -0.1) is 5.10 Å². The van der Waals surface area contributed by atoms with Gasteiger partial charge >= 0.3 is 0 Å². The highest BCUT2D eigenvalue weighted by atomic mass is 19.2. The summed E-state index contributed by atoms with van der Waals surface area (Å²) < 4.78 is 28.3. The average molecular weight is 422 g/mol. The number of anilines is 1. The van der Waals surface area contributed by atoms with Gasteiger partial charge in [0.2, 0.25) is 5.91 Å². The third-order valence-corrected chi connectivity index (χ3v) is 5.38. The molecular formula is C22H20F2N6O. The van der Waals surface area contributed by atoms with E-state index in [9.17, 15) is 13.6 Å². The summed E-state index contributed by atoms with van der Waals surface area (Å²) >= 11 is 0. The van der Waals surface area contributed by atoms with Gasteiger partial charge in [0, 0.05) is 18.4 Å². The van der Waals surface area contributed by atoms with Gasteiger partial charge in [-0.05, 0) is 48.2 Å². The molecule has 0 unspecified atom stereocenters. The van der Waals surface area contributed by atoms with E-state index in [1.807, 2.05) is 29.9 Å². The van der Waals surface area contributed by atoms with Crippen molar-refractivity contribution >= 4 is 22.6 Å². The summed E-state index contributed by atoms with van der Waals surface area (Å²) in [6.07, 6.45) is 3.95. The first-order valence-corrected chi connectivity index (χ1v) is 10.1. The lowest BCUT2D eigenvalue weighted by Crippen LogP contribution is -2.15. The second-order valence-corrected chi connectivity index (χ2v) is 7.87. The first kappa shape index (κ1) is 19.3. The van der Waals surface area contributed by atoms with E-state index in [1.54, 1.807) is 0 Å². The highest BCUT2D eigenvalue weighted by molar-refractivity contribution is 5.92. The predicted molar refractivity (Wildman–Crippen MR) is 111 cm³/mol. The number of aryl methyl sites for hydroxylation is 1. The van der Waals surface area contributed by atoms with E-state index in [2.05, 4.69) is 20.6 Å². The van der Waals surface area contributed by atoms with Gasteiger partial charge in [0.05, 0.1) is 30.4 Å². The summed E-state index contributed by atoms with van der Waals surface area (Å²) in [5.41, 5.74) is 3.59. The van der Waals surface area contributed by atoms with E-state index < -0.39 is 11.6 Å². The quantitative estimate of drug-likeness (QED) is 0.516. The summed E-state index contributed by atoms with van der Waals surface area (Å²) in [6.45, 7) is 0.161. The van der Waals surface area contributed by atoms with Gasteiger partial charge < -0.3 is 5.32 Å². The minimum atomic E-state index is -0.923. The third-order valence-electron chi connectivity index (χ3n) is 5.38. The fourth-order valence-corrected chi connectivity index (χ4v) is 3.71. The highest BCUT2D eigenvalue weighted by Gasteiger charge is 2.28. The number of carbonyl (C=O) groups is 1. The number of nitrogens with one attached hydrogen (secondary N) is 1. The van der Waals surface area contributed by atoms with Crippen LogP contribution in [-0.4, -0.2) is 30.7 Å². The molecule has 1 N–H and O–H groups in total. The molecule has 9 heteroatoms. The van der Waals surface area contributed by atoms with Gasteiger partial charge in [-0.1, -0.05) is 12.1 Å². The van der Waals surface area contributed by atoms with Gasteiger partial charge in [0.25, 0.3) is 0 Å². The lowest BCUT2D eigenvalue weighted by molar-refractivity contribution is -0.115. The Morgan fingerprint density at radius 1 is 1.10 bits per heavy atom. The van der Waals surface area contributed by atoms with Crippen molar-refractivity contribution in [1.82, 2.24) is 24.8 Å². The Hall–Kier alpha value is -3.62. The molecule has 158 valence electrons. The first-order valence-electron chi connectivity index (χ1n) is 10.1. The van der Waals surface area contributed by atoms with E-state index in [-0.39, 0.29) is 18.9 Å². The van der Waals surface area contributed by atoms with Crippen molar-refractivity contribution in [3.05, 3.63) is 71.1 Å². The lowest BCUT2D eigenvalue weighted by Gasteiger charge is -2.04. The molecule has 0 atom stereocenters. The summed E-state index contributed by atoms with van der Waals surface area (Å²) in [5.74, 6) is -1.21. The number of hydrogen-bond acceptors (Lipinski definition) is 4. The van der Waals surface area contributed by atoms with Crippen LogP contribution in [0.3, 0.4) is 0 Å². The molecule has 0 saturated heterocycles. The topological polar surface area (TPSA) is 77.6 Å². The van der Waals surface area contributed by atoms with Crippen molar-refractivity contribution in [1.29, 1.82) is 0 Å². The van der Waals surface area contributed by atoms with Crippen molar-refractivity contribution in [2.75, 3.05) is 5.32 Å². The van der Waals surface area contributed by atoms with E-state index in [0.29, 0.717) is 17.3 Å². The summed E-state index contributed by atoms with van der Waals surface area (Å²) in [7, 11) is 1.93. The first-order chi connectivity index (χ1) is 15.0. The monoisotopic (exact) mass is 422 g/mol. The van der Waals surface area contributed by atoms with Crippen LogP contribution in [-0.2, 0) is 24.8 Å². The van der Waals surface area contributed by atoms with Crippen LogP contribution in [0.2, 0.25) is 0 Å². The molecule has 4 aromatic rings. The number of hydrogen-bond donors (Lipinski definition) is 1. The zero-order valence-electron chi connectivity index (χ0n) is 16.8. The number of amides is 1. The van der Waals surface area contributed by atoms with Crippen molar-refractivity contribution < 1.29 is 13.6 Å². The molecule has 0 bridgehead atoms. The fourth-order valence-electron chi connectivity index (χ4n) is 3.71. The van der Waals surface area contributed by atoms with Crippen LogP contribution in [0.4, 0.5) is 14.6 Å². The highest BCUT2D eigenvalue weighted by Crippen LogP contribution is 2.42. The maximum absolute atomic E-state index is 13.4. The van der Waals surface area contributed by atoms with Crippen LogP contribution in [0.5, 0.6) is 0 Å². The number of fused-ring (bicyclic) bond motifs is 1. The Bertz CT molecular complexity index is 1290. The maximum atomic E-state index is 13.4. The number of aromatic nitrogens is 5. The molecule has 7 nitrogen and oxygen atoms in total. The molecule has 1 saturated carbocycles. The summed E-state index contributed by atoms with van der Waals surface area (Å²) in [6, 6.07) is 9.58. The van der Waals surface area contributed by atoms with Gasteiger partial charge in [-0.25, -0.2) is 8.78 Å². The summed E-state index contributed by atoms with van der Waals surface area (Å²) in [4.78, 5) is 13.8. The van der Waals surface area contributed by atoms with Gasteiger partial charge in [0.1, 0.15) is 0 Å². The lowest BCUT2D eigenvalue weighted by atomic mass is 10.1. The minimum Gasteiger partial charge on any atom is -0.308 e. The van der Waals surface area contributed by atoms with Crippen LogP contribution < -0.4 is 5.32 Å². The van der Waals surface area contributed by atoms with Gasteiger partial charge in [-0.2, -0.15) is 15.0 Å². The third kappa shape index (κ3) is 4.03. The molecule has 1 aliphatic rings. The standard InChI is InChI=1S/C22H20F2N6O/c1-29-19-7-3-13(8-16(19)22(28-29)15-4-5-15)10-21(31)26-20-11-25-30(27-20)12-14-2-6-17(23)18(24)9-14/h2-3,6-9,11,15H,4-5,10,12H2,1H3,(H,26,27,31). The van der Waals surface area contributed by atoms with Crippen molar-refractivity contribution in [3.63, 3.8) is 0 Å². The molecule has 1 aliphatic carbocycles. The molecule has 2 aromatic heterocycles. The van der Waals surface area contributed by atoms with Crippen LogP contribution in [0.25, 0.3) is 10.9 Å². The van der Waals surface area contributed by atoms with E-state index in [0.717, 1.165) is 47.1 Å². The van der Waals surface area contributed by atoms with Crippen LogP contribution in [0.1, 0.15) is 35.6 Å². The molecule has 0 spiro atoms. The van der Waals surface area contributed by atoms with Crippen LogP contribution >= 0.6 is 0 Å². The molecule has 0 aliphatic heterocycles. The van der Waals surface area contributed by atoms with Gasteiger partial charge in [0.15, 0.2) is 17.5 Å². The van der Waals surface area contributed by atoms with E-state index >= 15 is 0 Å². The maximum Gasteiger partial charge on any atom is 0.230 e. The predicted octanol–water partition coefficient (Wildman–Crippen LogP) is 3.55. The van der Waals surface area contributed by atoms with Crippen molar-refractivity contribution in [2.24, 2.45) is 7.05 Å². The average Bonchev–Trinajstić information content (AvgIpc) is 3.41. The molecule has 1 fully saturated rings. The second-order valence-electron chi connectivity index (χ2n) is 7.87. The minimum absolute atomic E-state index is 0.161. The largest absolute Gasteiger partial charge is 0.308 e. The Kier molecular flexibility index (Phi) is 4.72. The zero-order valence-corrected chi connectivity index (χ0v) is 16.8. The Labute approximate surface area is 176 Å². The molecule has 2 heterocycles. The Morgan fingerprint density at radius 3 is 2.68 bits per heavy atom. The number of nitrogens with zero attached hydrogens (tertiary/aromatic N) is 5. The summed E-state index contributed by atoms with van der Waals surface area (Å²) in [5, 5.41) is 16.7. The second kappa shape index (κ2) is 7.57. The molecule has 0 radical (unpaired) electrons. The van der Waals surface area contributed by atoms with Crippen molar-refractivity contribution in [2.45, 2.75) is 31.7 Å². The molecular weight excluding hydrogens is 402 g/mol. The Balaban J connectivity index is 1.25. The van der Waals surface area contributed by atoms with E-state index in [4.69, 9.17) is 0 Å². The number of rotatable bonds is 6. The van der Waals surface area contributed by atoms with E-state index in [1.165, 1.54) is 17.1 Å². The smallest absolute Gasteiger partial charge is 0.230 e. The Morgan fingerprint density at radius 2 is 1.90 bits per heavy atom. The number of carbonyl (C=O) groups excluding carboxylic acids is 1. The van der Waals surface area contributed by atoms with Crippen LogP contribution in [0, 0.1) is 11.6 Å². The molecule has 5 rings (SSSR count). The number of benzene rings is 2. The van der Waals surface area contributed by atoms with Gasteiger partial charge in [-0.3, -0.25) is 9.48 Å². The fraction of sp³-hybridized carbons (Fsp3) is 0.273.